The van der Waals surface area contributed by atoms with Crippen LogP contribution in [0.5, 0.6) is 0 Å². The highest BCUT2D eigenvalue weighted by atomic mass is 79.9. The largest absolute Gasteiger partial charge is 0.348 e. The van der Waals surface area contributed by atoms with Crippen LogP contribution in [-0.4, -0.2) is 18.5 Å². The first kappa shape index (κ1) is 14.5. The number of hydrogen-bond acceptors (Lipinski definition) is 2. The Hall–Kier alpha value is -0.580. The third-order valence-corrected chi connectivity index (χ3v) is 3.47. The summed E-state index contributed by atoms with van der Waals surface area (Å²) < 4.78 is 0.721. The van der Waals surface area contributed by atoms with E-state index in [1.165, 1.54) is 0 Å². The molecule has 0 aromatic heterocycles. The van der Waals surface area contributed by atoms with Crippen molar-refractivity contribution in [1.29, 1.82) is 0 Å². The summed E-state index contributed by atoms with van der Waals surface area (Å²) in [5, 5.41) is 3.43. The van der Waals surface area contributed by atoms with E-state index < -0.39 is 0 Å². The van der Waals surface area contributed by atoms with Crippen molar-refractivity contribution in [2.45, 2.75) is 19.9 Å². The van der Waals surface area contributed by atoms with Gasteiger partial charge in [-0.05, 0) is 40.0 Å². The van der Waals surface area contributed by atoms with E-state index in [1.807, 2.05) is 13.8 Å². The highest BCUT2D eigenvalue weighted by molar-refractivity contribution is 9.10. The van der Waals surface area contributed by atoms with Crippen molar-refractivity contribution < 1.29 is 4.79 Å². The van der Waals surface area contributed by atoms with Crippen LogP contribution in [0.2, 0.25) is 5.02 Å². The topological polar surface area (TPSA) is 55.1 Å². The molecule has 0 fully saturated rings. The monoisotopic (exact) mass is 318 g/mol. The van der Waals surface area contributed by atoms with E-state index in [0.29, 0.717) is 23.0 Å². The van der Waals surface area contributed by atoms with Crippen molar-refractivity contribution in [2.75, 3.05) is 6.54 Å². The van der Waals surface area contributed by atoms with Crippen LogP contribution in [0, 0.1) is 5.92 Å². The maximum Gasteiger partial charge on any atom is 0.252 e. The van der Waals surface area contributed by atoms with Crippen LogP contribution in [0.3, 0.4) is 0 Å². The zero-order valence-electron chi connectivity index (χ0n) is 9.84. The Bertz CT molecular complexity index is 409. The Kier molecular flexibility index (Phi) is 5.43. The Balaban J connectivity index is 2.86. The van der Waals surface area contributed by atoms with Crippen LogP contribution in [0.1, 0.15) is 24.2 Å². The van der Waals surface area contributed by atoms with Gasteiger partial charge < -0.3 is 11.1 Å². The molecule has 0 aliphatic heterocycles. The number of hydrogen-bond donors (Lipinski definition) is 2. The lowest BCUT2D eigenvalue weighted by Crippen LogP contribution is -2.43. The molecule has 0 aliphatic rings. The van der Waals surface area contributed by atoms with E-state index in [2.05, 4.69) is 21.2 Å². The maximum atomic E-state index is 12.0. The first-order valence-electron chi connectivity index (χ1n) is 5.41. The summed E-state index contributed by atoms with van der Waals surface area (Å²) in [6, 6.07) is 5.08. The summed E-state index contributed by atoms with van der Waals surface area (Å²) in [4.78, 5) is 12.0. The van der Waals surface area contributed by atoms with Gasteiger partial charge in [0.05, 0.1) is 5.56 Å². The second-order valence-electron chi connectivity index (χ2n) is 4.18. The fourth-order valence-electron chi connectivity index (χ4n) is 1.42. The van der Waals surface area contributed by atoms with Crippen molar-refractivity contribution in [3.8, 4) is 0 Å². The van der Waals surface area contributed by atoms with Gasteiger partial charge in [-0.1, -0.05) is 25.4 Å². The number of carbonyl (C=O) groups excluding carboxylic acids is 1. The van der Waals surface area contributed by atoms with Gasteiger partial charge >= 0.3 is 0 Å². The standard InChI is InChI=1S/C12H16BrClN2O/c1-7(2)11(6-15)16-12(17)9-5-8(14)3-4-10(9)13/h3-5,7,11H,6,15H2,1-2H3,(H,16,17). The normalized spacial score (nSPS) is 12.6. The van der Waals surface area contributed by atoms with Crippen LogP contribution in [0.15, 0.2) is 22.7 Å². The number of nitrogens with two attached hydrogens (primary N) is 1. The van der Waals surface area contributed by atoms with Crippen LogP contribution >= 0.6 is 27.5 Å². The van der Waals surface area contributed by atoms with E-state index in [9.17, 15) is 4.79 Å². The Morgan fingerprint density at radius 2 is 2.18 bits per heavy atom. The number of amides is 1. The lowest BCUT2D eigenvalue weighted by Gasteiger charge is -2.20. The lowest BCUT2D eigenvalue weighted by molar-refractivity contribution is 0.0927. The van der Waals surface area contributed by atoms with Gasteiger partial charge in [0.2, 0.25) is 0 Å². The average Bonchev–Trinajstić information content (AvgIpc) is 2.28. The van der Waals surface area contributed by atoms with Gasteiger partial charge in [0.25, 0.3) is 5.91 Å². The summed E-state index contributed by atoms with van der Waals surface area (Å²) in [5.41, 5.74) is 6.14. The number of rotatable bonds is 4. The van der Waals surface area contributed by atoms with E-state index in [-0.39, 0.29) is 11.9 Å². The maximum absolute atomic E-state index is 12.0. The van der Waals surface area contributed by atoms with Gasteiger partial charge in [-0.25, -0.2) is 0 Å². The van der Waals surface area contributed by atoms with E-state index in [4.69, 9.17) is 17.3 Å². The molecule has 3 N–H and O–H groups in total. The molecular weight excluding hydrogens is 304 g/mol. The molecule has 3 nitrogen and oxygen atoms in total. The molecule has 1 amide bonds. The van der Waals surface area contributed by atoms with Crippen molar-refractivity contribution >= 4 is 33.4 Å². The zero-order chi connectivity index (χ0) is 13.0. The smallest absolute Gasteiger partial charge is 0.252 e. The summed E-state index contributed by atoms with van der Waals surface area (Å²) in [6.45, 7) is 4.46. The molecule has 0 heterocycles. The number of nitrogens with one attached hydrogen (secondary N) is 1. The Morgan fingerprint density at radius 3 is 2.71 bits per heavy atom. The molecular formula is C12H16BrClN2O. The van der Waals surface area contributed by atoms with Crippen molar-refractivity contribution in [3.63, 3.8) is 0 Å². The molecule has 0 saturated heterocycles. The number of carbonyl (C=O) groups is 1. The van der Waals surface area contributed by atoms with Gasteiger partial charge in [0.15, 0.2) is 0 Å². The third-order valence-electron chi connectivity index (χ3n) is 2.55. The quantitative estimate of drug-likeness (QED) is 0.896. The van der Waals surface area contributed by atoms with Crippen LogP contribution in [0.4, 0.5) is 0 Å². The first-order valence-corrected chi connectivity index (χ1v) is 6.58. The highest BCUT2D eigenvalue weighted by Crippen LogP contribution is 2.21. The summed E-state index contributed by atoms with van der Waals surface area (Å²) in [6.07, 6.45) is 0. The highest BCUT2D eigenvalue weighted by Gasteiger charge is 2.17. The number of benzene rings is 1. The minimum absolute atomic E-state index is 0.0339. The molecule has 5 heteroatoms. The summed E-state index contributed by atoms with van der Waals surface area (Å²) in [5.74, 6) is 0.130. The number of halogens is 2. The fourth-order valence-corrected chi connectivity index (χ4v) is 2.01. The molecule has 1 unspecified atom stereocenters. The average molecular weight is 320 g/mol. The van der Waals surface area contributed by atoms with Crippen LogP contribution < -0.4 is 11.1 Å². The van der Waals surface area contributed by atoms with Crippen molar-refractivity contribution in [2.24, 2.45) is 11.7 Å². The van der Waals surface area contributed by atoms with Gasteiger partial charge in [-0.2, -0.15) is 0 Å². The van der Waals surface area contributed by atoms with Crippen LogP contribution in [0.25, 0.3) is 0 Å². The minimum Gasteiger partial charge on any atom is -0.348 e. The molecule has 1 rings (SSSR count). The molecule has 0 radical (unpaired) electrons. The molecule has 0 aliphatic carbocycles. The summed E-state index contributed by atoms with van der Waals surface area (Å²) >= 11 is 9.20. The Labute approximate surface area is 115 Å². The predicted octanol–water partition coefficient (Wildman–Crippen LogP) is 2.82. The zero-order valence-corrected chi connectivity index (χ0v) is 12.2. The molecule has 0 bridgehead atoms. The second-order valence-corrected chi connectivity index (χ2v) is 5.47. The molecule has 94 valence electrons. The first-order chi connectivity index (χ1) is 7.95. The second kappa shape index (κ2) is 6.38. The molecule has 1 aromatic rings. The molecule has 1 aromatic carbocycles. The lowest BCUT2D eigenvalue weighted by atomic mass is 10.0. The van der Waals surface area contributed by atoms with Crippen molar-refractivity contribution in [1.82, 2.24) is 5.32 Å². The van der Waals surface area contributed by atoms with Gasteiger partial charge in [-0.15, -0.1) is 0 Å². The fraction of sp³-hybridized carbons (Fsp3) is 0.417. The van der Waals surface area contributed by atoms with Gasteiger partial charge in [-0.3, -0.25) is 4.79 Å². The molecule has 0 spiro atoms. The van der Waals surface area contributed by atoms with E-state index in [1.54, 1.807) is 18.2 Å². The van der Waals surface area contributed by atoms with Gasteiger partial charge in [0.1, 0.15) is 0 Å². The molecule has 17 heavy (non-hydrogen) atoms. The summed E-state index contributed by atoms with van der Waals surface area (Å²) in [7, 11) is 0. The minimum atomic E-state index is -0.163. The van der Waals surface area contributed by atoms with Crippen LogP contribution in [-0.2, 0) is 0 Å². The predicted molar refractivity (Wildman–Crippen MR) is 74.3 cm³/mol. The van der Waals surface area contributed by atoms with Gasteiger partial charge in [0, 0.05) is 22.1 Å². The SMILES string of the molecule is CC(C)C(CN)NC(=O)c1cc(Cl)ccc1Br. The van der Waals surface area contributed by atoms with E-state index >= 15 is 0 Å². The van der Waals surface area contributed by atoms with E-state index in [0.717, 1.165) is 4.47 Å². The molecule has 1 atom stereocenters. The molecule has 0 saturated carbocycles. The third kappa shape index (κ3) is 3.98. The Morgan fingerprint density at radius 1 is 1.53 bits per heavy atom. The van der Waals surface area contributed by atoms with Crippen molar-refractivity contribution in [3.05, 3.63) is 33.3 Å².